The largest absolute Gasteiger partial charge is 0.436 e. The second-order valence-corrected chi connectivity index (χ2v) is 7.78. The minimum absolute atomic E-state index is 0.226. The van der Waals surface area contributed by atoms with Crippen LogP contribution < -0.4 is 15.4 Å². The second-order valence-electron chi connectivity index (χ2n) is 7.78. The Morgan fingerprint density at radius 2 is 2.11 bits per heavy atom. The van der Waals surface area contributed by atoms with Crippen LogP contribution in [0.3, 0.4) is 0 Å². The van der Waals surface area contributed by atoms with Gasteiger partial charge >= 0.3 is 0 Å². The molecule has 1 aliphatic rings. The van der Waals surface area contributed by atoms with Gasteiger partial charge < -0.3 is 20.4 Å². The Hall–Kier alpha value is -3.13. The molecule has 0 amide bonds. The van der Waals surface area contributed by atoms with Crippen molar-refractivity contribution >= 4 is 27.9 Å². The average Bonchev–Trinajstić information content (AvgIpc) is 3.35. The summed E-state index contributed by atoms with van der Waals surface area (Å²) in [4.78, 5) is 14.7. The van der Waals surface area contributed by atoms with Crippen LogP contribution in [0, 0.1) is 5.41 Å². The number of aromatic nitrogens is 5. The highest BCUT2D eigenvalue weighted by Crippen LogP contribution is 2.32. The normalized spacial score (nSPS) is 16.7. The molecule has 8 heteroatoms. The molecule has 1 fully saturated rings. The first-order valence-corrected chi connectivity index (χ1v) is 9.55. The van der Waals surface area contributed by atoms with E-state index in [1.807, 2.05) is 30.5 Å². The van der Waals surface area contributed by atoms with Crippen molar-refractivity contribution in [3.05, 3.63) is 36.7 Å². The number of nitrogens with two attached hydrogens (primary N) is 1. The van der Waals surface area contributed by atoms with Gasteiger partial charge in [-0.05, 0) is 49.1 Å². The Labute approximate surface area is 162 Å². The Balaban J connectivity index is 1.37. The van der Waals surface area contributed by atoms with Crippen molar-refractivity contribution in [3.63, 3.8) is 0 Å². The first-order chi connectivity index (χ1) is 13.6. The lowest BCUT2D eigenvalue weighted by Crippen LogP contribution is -2.42. The molecule has 4 heterocycles. The number of rotatable bonds is 4. The van der Waals surface area contributed by atoms with E-state index >= 15 is 0 Å². The van der Waals surface area contributed by atoms with Crippen molar-refractivity contribution in [2.24, 2.45) is 11.1 Å². The zero-order chi connectivity index (χ0) is 19.1. The summed E-state index contributed by atoms with van der Waals surface area (Å²) < 4.78 is 5.95. The van der Waals surface area contributed by atoms with Crippen molar-refractivity contribution < 1.29 is 4.74 Å². The number of hydrogen-bond donors (Lipinski definition) is 3. The van der Waals surface area contributed by atoms with Gasteiger partial charge in [0.05, 0.1) is 6.20 Å². The lowest BCUT2D eigenvalue weighted by atomic mass is 9.80. The fourth-order valence-electron chi connectivity index (χ4n) is 3.68. The zero-order valence-electron chi connectivity index (χ0n) is 15.8. The van der Waals surface area contributed by atoms with Gasteiger partial charge in [0.2, 0.25) is 0 Å². The smallest absolute Gasteiger partial charge is 0.266 e. The molecule has 1 aromatic carbocycles. The number of anilines is 1. The van der Waals surface area contributed by atoms with Gasteiger partial charge in [-0.2, -0.15) is 0 Å². The van der Waals surface area contributed by atoms with E-state index in [-0.39, 0.29) is 5.41 Å². The Morgan fingerprint density at radius 1 is 1.25 bits per heavy atom. The third-order valence-electron chi connectivity index (χ3n) is 5.75. The van der Waals surface area contributed by atoms with Crippen LogP contribution in [0.25, 0.3) is 22.1 Å². The van der Waals surface area contributed by atoms with Crippen LogP contribution in [0.2, 0.25) is 0 Å². The molecule has 0 radical (unpaired) electrons. The highest BCUT2D eigenvalue weighted by Gasteiger charge is 2.29. The third-order valence-corrected chi connectivity index (χ3v) is 5.75. The fourth-order valence-corrected chi connectivity index (χ4v) is 3.68. The van der Waals surface area contributed by atoms with E-state index in [4.69, 9.17) is 15.5 Å². The summed E-state index contributed by atoms with van der Waals surface area (Å²) in [6, 6.07) is 7.86. The van der Waals surface area contributed by atoms with Gasteiger partial charge in [0.25, 0.3) is 5.88 Å². The SMILES string of the molecule is CC1(CN)CCN(c2cnc3c(Oc4ccc5[nH]ccc5c4)n[nH]c3n2)CC1. The molecular formula is C20H23N7O. The molecule has 4 N–H and O–H groups in total. The number of aromatic amines is 2. The number of piperidine rings is 1. The van der Waals surface area contributed by atoms with Crippen LogP contribution in [-0.4, -0.2) is 44.8 Å². The molecule has 0 bridgehead atoms. The molecule has 1 saturated heterocycles. The number of nitrogens with zero attached hydrogens (tertiary/aromatic N) is 4. The van der Waals surface area contributed by atoms with E-state index in [9.17, 15) is 0 Å². The predicted molar refractivity (Wildman–Crippen MR) is 109 cm³/mol. The number of nitrogens with one attached hydrogen (secondary N) is 2. The third kappa shape index (κ3) is 2.95. The molecule has 0 unspecified atom stereocenters. The average molecular weight is 377 g/mol. The maximum atomic E-state index is 5.95. The standard InChI is InChI=1S/C20H23N7O/c1-20(12-21)5-8-27(9-6-20)16-11-23-17-18(24-16)25-26-19(17)28-14-2-3-15-13(10-14)4-7-22-15/h2-4,7,10-11,22H,5-6,8-9,12,21H2,1H3,(H,24,25,26). The molecule has 5 rings (SSSR count). The zero-order valence-corrected chi connectivity index (χ0v) is 15.8. The summed E-state index contributed by atoms with van der Waals surface area (Å²) in [5, 5.41) is 8.30. The lowest BCUT2D eigenvalue weighted by molar-refractivity contribution is 0.258. The summed E-state index contributed by atoms with van der Waals surface area (Å²) in [6.45, 7) is 4.84. The van der Waals surface area contributed by atoms with E-state index in [1.54, 1.807) is 6.20 Å². The van der Waals surface area contributed by atoms with E-state index in [0.717, 1.165) is 49.2 Å². The Kier molecular flexibility index (Phi) is 3.94. The predicted octanol–water partition coefficient (Wildman–Crippen LogP) is 3.19. The Morgan fingerprint density at radius 3 is 2.93 bits per heavy atom. The van der Waals surface area contributed by atoms with Crippen molar-refractivity contribution in [2.45, 2.75) is 19.8 Å². The summed E-state index contributed by atoms with van der Waals surface area (Å²) in [5.74, 6) is 2.00. The van der Waals surface area contributed by atoms with Gasteiger partial charge in [-0.15, -0.1) is 5.10 Å². The van der Waals surface area contributed by atoms with Gasteiger partial charge in [-0.1, -0.05) is 6.92 Å². The first-order valence-electron chi connectivity index (χ1n) is 9.55. The van der Waals surface area contributed by atoms with Crippen LogP contribution in [0.4, 0.5) is 5.82 Å². The van der Waals surface area contributed by atoms with Crippen LogP contribution >= 0.6 is 0 Å². The highest BCUT2D eigenvalue weighted by molar-refractivity contribution is 5.81. The minimum atomic E-state index is 0.226. The van der Waals surface area contributed by atoms with E-state index in [2.05, 4.69) is 32.0 Å². The molecular weight excluding hydrogens is 354 g/mol. The van der Waals surface area contributed by atoms with Crippen molar-refractivity contribution in [3.8, 4) is 11.6 Å². The summed E-state index contributed by atoms with van der Waals surface area (Å²) in [7, 11) is 0. The molecule has 144 valence electrons. The number of fused-ring (bicyclic) bond motifs is 2. The van der Waals surface area contributed by atoms with E-state index in [0.29, 0.717) is 22.8 Å². The Bertz CT molecular complexity index is 1120. The van der Waals surface area contributed by atoms with E-state index in [1.165, 1.54) is 0 Å². The lowest BCUT2D eigenvalue weighted by Gasteiger charge is -2.39. The minimum Gasteiger partial charge on any atom is -0.436 e. The van der Waals surface area contributed by atoms with Crippen LogP contribution in [0.1, 0.15) is 19.8 Å². The molecule has 1 aliphatic heterocycles. The topological polar surface area (TPSA) is 109 Å². The molecule has 0 saturated carbocycles. The van der Waals surface area contributed by atoms with Gasteiger partial charge in [0.1, 0.15) is 11.6 Å². The quantitative estimate of drug-likeness (QED) is 0.504. The van der Waals surface area contributed by atoms with Crippen molar-refractivity contribution in [2.75, 3.05) is 24.5 Å². The number of benzene rings is 1. The molecule has 8 nitrogen and oxygen atoms in total. The first kappa shape index (κ1) is 17.0. The number of H-pyrrole nitrogens is 2. The molecule has 0 aliphatic carbocycles. The number of hydrogen-bond acceptors (Lipinski definition) is 6. The summed E-state index contributed by atoms with van der Waals surface area (Å²) in [6.07, 6.45) is 5.82. The van der Waals surface area contributed by atoms with Gasteiger partial charge in [-0.25, -0.2) is 9.97 Å². The monoisotopic (exact) mass is 377 g/mol. The fraction of sp³-hybridized carbons (Fsp3) is 0.350. The summed E-state index contributed by atoms with van der Waals surface area (Å²) in [5.41, 5.74) is 8.46. The van der Waals surface area contributed by atoms with Crippen LogP contribution in [0.5, 0.6) is 11.6 Å². The van der Waals surface area contributed by atoms with Crippen LogP contribution in [-0.2, 0) is 0 Å². The van der Waals surface area contributed by atoms with Gasteiger partial charge in [0.15, 0.2) is 11.2 Å². The van der Waals surface area contributed by atoms with Gasteiger partial charge in [-0.3, -0.25) is 5.10 Å². The summed E-state index contributed by atoms with van der Waals surface area (Å²) >= 11 is 0. The highest BCUT2D eigenvalue weighted by atomic mass is 16.5. The van der Waals surface area contributed by atoms with E-state index < -0.39 is 0 Å². The van der Waals surface area contributed by atoms with Crippen molar-refractivity contribution in [1.29, 1.82) is 0 Å². The maximum absolute atomic E-state index is 5.95. The van der Waals surface area contributed by atoms with Crippen molar-refractivity contribution in [1.82, 2.24) is 25.1 Å². The molecule has 0 atom stereocenters. The van der Waals surface area contributed by atoms with Gasteiger partial charge in [0, 0.05) is 30.2 Å². The molecule has 3 aromatic heterocycles. The molecule has 0 spiro atoms. The maximum Gasteiger partial charge on any atom is 0.266 e. The molecule has 4 aromatic rings. The number of ether oxygens (including phenoxy) is 1. The molecule has 28 heavy (non-hydrogen) atoms. The van der Waals surface area contributed by atoms with Crippen LogP contribution in [0.15, 0.2) is 36.7 Å². The second kappa shape index (κ2) is 6.49.